The molecule has 0 unspecified atom stereocenters. The lowest BCUT2D eigenvalue weighted by molar-refractivity contribution is 0.122. The Morgan fingerprint density at radius 1 is 1.04 bits per heavy atom. The van der Waals surface area contributed by atoms with Gasteiger partial charge in [0, 0.05) is 28.4 Å². The summed E-state index contributed by atoms with van der Waals surface area (Å²) < 4.78 is 8.81. The number of nitrogens with one attached hydrogen (secondary N) is 1. The first kappa shape index (κ1) is 17.5. The molecule has 0 aliphatic carbocycles. The second kappa shape index (κ2) is 8.22. The van der Waals surface area contributed by atoms with Crippen LogP contribution in [0.2, 0.25) is 5.02 Å². The van der Waals surface area contributed by atoms with E-state index in [2.05, 4.69) is 15.7 Å². The molecule has 0 amide bonds. The van der Waals surface area contributed by atoms with Crippen LogP contribution in [0.1, 0.15) is 5.82 Å². The second-order valence-corrected chi connectivity index (χ2v) is 7.36. The number of hydrogen-bond acceptors (Lipinski definition) is 6. The van der Waals surface area contributed by atoms with Crippen LogP contribution in [0.5, 0.6) is 0 Å². The zero-order valence-electron chi connectivity index (χ0n) is 14.2. The molecule has 0 bridgehead atoms. The van der Waals surface area contributed by atoms with Crippen molar-refractivity contribution in [1.29, 1.82) is 0 Å². The summed E-state index contributed by atoms with van der Waals surface area (Å²) in [5, 5.41) is 1.82. The quantitative estimate of drug-likeness (QED) is 0.671. The van der Waals surface area contributed by atoms with Gasteiger partial charge in [0.25, 0.3) is 0 Å². The maximum absolute atomic E-state index is 5.93. The number of morpholine rings is 1. The van der Waals surface area contributed by atoms with E-state index in [9.17, 15) is 0 Å². The number of benzene rings is 2. The van der Waals surface area contributed by atoms with Crippen molar-refractivity contribution in [2.75, 3.05) is 31.2 Å². The van der Waals surface area contributed by atoms with Gasteiger partial charge in [-0.2, -0.15) is 0 Å². The van der Waals surface area contributed by atoms with Crippen LogP contribution in [0.3, 0.4) is 0 Å². The van der Waals surface area contributed by atoms with Crippen molar-refractivity contribution >= 4 is 40.3 Å². The third-order valence-electron chi connectivity index (χ3n) is 4.17. The number of ether oxygens (including phenoxy) is 1. The molecule has 2 heterocycles. The highest BCUT2D eigenvalue weighted by atomic mass is 35.5. The van der Waals surface area contributed by atoms with E-state index in [1.165, 1.54) is 0 Å². The van der Waals surface area contributed by atoms with Gasteiger partial charge in [-0.25, -0.2) is 9.97 Å². The Labute approximate surface area is 161 Å². The Morgan fingerprint density at radius 2 is 1.81 bits per heavy atom. The molecule has 5 nitrogen and oxygen atoms in total. The lowest BCUT2D eigenvalue weighted by Crippen LogP contribution is -2.37. The SMILES string of the molecule is Clc1ccc(SNCc2nc(N3CCOCC3)c3ccccc3n2)cc1. The van der Waals surface area contributed by atoms with Gasteiger partial charge < -0.3 is 9.64 Å². The maximum atomic E-state index is 5.93. The first-order valence-electron chi connectivity index (χ1n) is 8.53. The molecule has 0 radical (unpaired) electrons. The highest BCUT2D eigenvalue weighted by Crippen LogP contribution is 2.25. The molecule has 3 aromatic rings. The van der Waals surface area contributed by atoms with Gasteiger partial charge in [0.15, 0.2) is 0 Å². The van der Waals surface area contributed by atoms with Gasteiger partial charge in [0.05, 0.1) is 25.3 Å². The number of rotatable bonds is 5. The zero-order chi connectivity index (χ0) is 17.8. The fourth-order valence-corrected chi connectivity index (χ4v) is 3.65. The molecule has 0 saturated carbocycles. The highest BCUT2D eigenvalue weighted by Gasteiger charge is 2.17. The molecule has 1 aliphatic rings. The molecule has 1 saturated heterocycles. The average Bonchev–Trinajstić information content (AvgIpc) is 2.69. The van der Waals surface area contributed by atoms with Gasteiger partial charge >= 0.3 is 0 Å². The van der Waals surface area contributed by atoms with Crippen LogP contribution >= 0.6 is 23.5 Å². The molecule has 2 aromatic carbocycles. The van der Waals surface area contributed by atoms with Crippen LogP contribution in [-0.4, -0.2) is 36.3 Å². The van der Waals surface area contributed by atoms with Crippen LogP contribution in [0, 0.1) is 0 Å². The van der Waals surface area contributed by atoms with Crippen molar-refractivity contribution in [3.05, 3.63) is 59.4 Å². The van der Waals surface area contributed by atoms with E-state index in [0.29, 0.717) is 6.54 Å². The molecule has 0 spiro atoms. The van der Waals surface area contributed by atoms with E-state index >= 15 is 0 Å². The molecule has 1 fully saturated rings. The Balaban J connectivity index is 1.53. The largest absolute Gasteiger partial charge is 0.378 e. The van der Waals surface area contributed by atoms with Crippen molar-refractivity contribution < 1.29 is 4.74 Å². The molecule has 1 aliphatic heterocycles. The molecule has 134 valence electrons. The van der Waals surface area contributed by atoms with Gasteiger partial charge in [-0.3, -0.25) is 4.72 Å². The van der Waals surface area contributed by atoms with Gasteiger partial charge in [-0.15, -0.1) is 0 Å². The monoisotopic (exact) mass is 386 g/mol. The molecule has 1 aromatic heterocycles. The van der Waals surface area contributed by atoms with Gasteiger partial charge in [0.2, 0.25) is 0 Å². The summed E-state index contributed by atoms with van der Waals surface area (Å²) in [6.07, 6.45) is 0. The lowest BCUT2D eigenvalue weighted by atomic mass is 10.2. The van der Waals surface area contributed by atoms with Crippen LogP contribution in [-0.2, 0) is 11.3 Å². The Morgan fingerprint density at radius 3 is 2.62 bits per heavy atom. The lowest BCUT2D eigenvalue weighted by Gasteiger charge is -2.29. The third kappa shape index (κ3) is 4.10. The second-order valence-electron chi connectivity index (χ2n) is 5.96. The summed E-state index contributed by atoms with van der Waals surface area (Å²) in [5.74, 6) is 1.78. The van der Waals surface area contributed by atoms with E-state index in [1.54, 1.807) is 11.9 Å². The van der Waals surface area contributed by atoms with Crippen LogP contribution < -0.4 is 9.62 Å². The predicted molar refractivity (Wildman–Crippen MR) is 107 cm³/mol. The van der Waals surface area contributed by atoms with E-state index < -0.39 is 0 Å². The van der Waals surface area contributed by atoms with E-state index in [4.69, 9.17) is 26.3 Å². The number of hydrogen-bond donors (Lipinski definition) is 1. The van der Waals surface area contributed by atoms with Crippen molar-refractivity contribution in [2.24, 2.45) is 0 Å². The number of fused-ring (bicyclic) bond motifs is 1. The summed E-state index contributed by atoms with van der Waals surface area (Å²) in [6.45, 7) is 3.76. The normalized spacial score (nSPS) is 14.7. The maximum Gasteiger partial charge on any atom is 0.146 e. The van der Waals surface area contributed by atoms with Crippen molar-refractivity contribution in [2.45, 2.75) is 11.4 Å². The first-order valence-corrected chi connectivity index (χ1v) is 9.73. The third-order valence-corrected chi connectivity index (χ3v) is 5.22. The Hall–Kier alpha value is -1.86. The topological polar surface area (TPSA) is 50.3 Å². The molecular weight excluding hydrogens is 368 g/mol. The minimum atomic E-state index is 0.579. The van der Waals surface area contributed by atoms with Gasteiger partial charge in [-0.1, -0.05) is 23.7 Å². The van der Waals surface area contributed by atoms with E-state index in [0.717, 1.165) is 58.8 Å². The van der Waals surface area contributed by atoms with Crippen molar-refractivity contribution in [3.8, 4) is 0 Å². The summed E-state index contributed by atoms with van der Waals surface area (Å²) in [6, 6.07) is 15.9. The summed E-state index contributed by atoms with van der Waals surface area (Å²) in [4.78, 5) is 12.9. The minimum Gasteiger partial charge on any atom is -0.378 e. The van der Waals surface area contributed by atoms with Gasteiger partial charge in [-0.05, 0) is 48.3 Å². The number of halogens is 1. The number of nitrogens with zero attached hydrogens (tertiary/aromatic N) is 3. The molecule has 4 rings (SSSR count). The summed E-state index contributed by atoms with van der Waals surface area (Å²) >= 11 is 7.47. The van der Waals surface area contributed by atoms with Gasteiger partial charge in [0.1, 0.15) is 11.6 Å². The zero-order valence-corrected chi connectivity index (χ0v) is 15.8. The molecule has 26 heavy (non-hydrogen) atoms. The number of aromatic nitrogens is 2. The minimum absolute atomic E-state index is 0.579. The number of anilines is 1. The van der Waals surface area contributed by atoms with E-state index in [1.807, 2.05) is 42.5 Å². The fourth-order valence-electron chi connectivity index (χ4n) is 2.89. The Kier molecular flexibility index (Phi) is 5.55. The molecule has 0 atom stereocenters. The summed E-state index contributed by atoms with van der Waals surface area (Å²) in [5.41, 5.74) is 0.970. The first-order chi connectivity index (χ1) is 12.8. The Bertz CT molecular complexity index is 884. The molecular formula is C19H19ClN4OS. The standard InChI is InChI=1S/C19H19ClN4OS/c20-14-5-7-15(8-6-14)26-21-13-18-22-17-4-2-1-3-16(17)19(23-18)24-9-11-25-12-10-24/h1-8,21H,9-13H2. The van der Waals surface area contributed by atoms with Crippen LogP contribution in [0.15, 0.2) is 53.4 Å². The molecule has 1 N–H and O–H groups in total. The van der Waals surface area contributed by atoms with Crippen LogP contribution in [0.25, 0.3) is 10.9 Å². The number of para-hydroxylation sites is 1. The molecule has 7 heteroatoms. The predicted octanol–water partition coefficient (Wildman–Crippen LogP) is 3.92. The van der Waals surface area contributed by atoms with Crippen LogP contribution in [0.4, 0.5) is 5.82 Å². The highest BCUT2D eigenvalue weighted by molar-refractivity contribution is 7.97. The van der Waals surface area contributed by atoms with Crippen molar-refractivity contribution in [3.63, 3.8) is 0 Å². The fraction of sp³-hybridized carbons (Fsp3) is 0.263. The smallest absolute Gasteiger partial charge is 0.146 e. The summed E-state index contributed by atoms with van der Waals surface area (Å²) in [7, 11) is 0. The van der Waals surface area contributed by atoms with E-state index in [-0.39, 0.29) is 0 Å². The average molecular weight is 387 g/mol. The van der Waals surface area contributed by atoms with Crippen molar-refractivity contribution in [1.82, 2.24) is 14.7 Å².